The quantitative estimate of drug-likeness (QED) is 0.520. The maximum Gasteiger partial charge on any atom is 0.315 e. The smallest absolute Gasteiger partial charge is 0.315 e. The van der Waals surface area contributed by atoms with Crippen LogP contribution in [0.3, 0.4) is 0 Å². The molecule has 0 aliphatic carbocycles. The van der Waals surface area contributed by atoms with E-state index in [0.29, 0.717) is 11.3 Å². The molecule has 1 heterocycles. The standard InChI is InChI=1S/C17H14N2O6/c1-25-17(22)12-9-18(13-5-3-2-4-11(12)13)16(21)10-6-7-14(19(23)24)15(20)8-10/h2-8,12,20H,9H2,1H3/t12-/m1/s1. The van der Waals surface area contributed by atoms with Gasteiger partial charge in [-0.1, -0.05) is 18.2 Å². The van der Waals surface area contributed by atoms with Gasteiger partial charge in [-0.3, -0.25) is 19.7 Å². The van der Waals surface area contributed by atoms with Crippen LogP contribution < -0.4 is 4.90 Å². The molecule has 3 rings (SSSR count). The number of nitro groups is 1. The minimum Gasteiger partial charge on any atom is -0.502 e. The van der Waals surface area contributed by atoms with E-state index in [0.717, 1.165) is 12.1 Å². The van der Waals surface area contributed by atoms with Crippen LogP contribution in [0.5, 0.6) is 5.75 Å². The van der Waals surface area contributed by atoms with Crippen LogP contribution in [0, 0.1) is 10.1 Å². The van der Waals surface area contributed by atoms with Crippen molar-refractivity contribution in [3.8, 4) is 5.75 Å². The summed E-state index contributed by atoms with van der Waals surface area (Å²) in [5.74, 6) is -2.11. The molecule has 0 radical (unpaired) electrons. The third-order valence-corrected chi connectivity index (χ3v) is 4.12. The molecular weight excluding hydrogens is 328 g/mol. The second-order valence-electron chi connectivity index (χ2n) is 5.51. The summed E-state index contributed by atoms with van der Waals surface area (Å²) in [6.07, 6.45) is 0. The highest BCUT2D eigenvalue weighted by molar-refractivity contribution is 6.09. The molecule has 128 valence electrons. The number of nitro benzene ring substituents is 1. The van der Waals surface area contributed by atoms with Gasteiger partial charge in [0, 0.05) is 23.9 Å². The molecule has 0 spiro atoms. The molecule has 2 aromatic rings. The molecule has 0 saturated carbocycles. The Bertz CT molecular complexity index is 879. The first-order valence-electron chi connectivity index (χ1n) is 7.40. The second-order valence-corrected chi connectivity index (χ2v) is 5.51. The van der Waals surface area contributed by atoms with Crippen molar-refractivity contribution in [2.24, 2.45) is 0 Å². The molecule has 2 aromatic carbocycles. The Balaban J connectivity index is 1.97. The summed E-state index contributed by atoms with van der Waals surface area (Å²) in [7, 11) is 1.28. The Morgan fingerprint density at radius 3 is 2.64 bits per heavy atom. The largest absolute Gasteiger partial charge is 0.502 e. The Hall–Kier alpha value is -3.42. The number of fused-ring (bicyclic) bond motifs is 1. The maximum atomic E-state index is 12.8. The van der Waals surface area contributed by atoms with Gasteiger partial charge in [0.1, 0.15) is 5.92 Å². The molecule has 1 atom stereocenters. The van der Waals surface area contributed by atoms with Gasteiger partial charge < -0.3 is 14.7 Å². The highest BCUT2D eigenvalue weighted by atomic mass is 16.6. The SMILES string of the molecule is COC(=O)[C@@H]1CN(C(=O)c2ccc([N+](=O)[O-])c(O)c2)c2ccccc21. The van der Waals surface area contributed by atoms with E-state index < -0.39 is 34.2 Å². The van der Waals surface area contributed by atoms with Crippen molar-refractivity contribution in [3.63, 3.8) is 0 Å². The van der Waals surface area contributed by atoms with Crippen LogP contribution in [0.15, 0.2) is 42.5 Å². The summed E-state index contributed by atoms with van der Waals surface area (Å²) >= 11 is 0. The molecule has 1 aliphatic rings. The molecule has 1 amide bonds. The minimum atomic E-state index is -0.734. The summed E-state index contributed by atoms with van der Waals surface area (Å²) in [6, 6.07) is 10.4. The number of rotatable bonds is 3. The van der Waals surface area contributed by atoms with Gasteiger partial charge in [-0.15, -0.1) is 0 Å². The average Bonchev–Trinajstić information content (AvgIpc) is 2.99. The molecule has 0 saturated heterocycles. The number of benzene rings is 2. The van der Waals surface area contributed by atoms with Gasteiger partial charge in [0.15, 0.2) is 5.75 Å². The van der Waals surface area contributed by atoms with Gasteiger partial charge in [0.2, 0.25) is 0 Å². The zero-order valence-corrected chi connectivity index (χ0v) is 13.2. The summed E-state index contributed by atoms with van der Waals surface area (Å²) in [5.41, 5.74) is 0.851. The fraction of sp³-hybridized carbons (Fsp3) is 0.176. The molecule has 0 bridgehead atoms. The van der Waals surface area contributed by atoms with Crippen LogP contribution in [-0.2, 0) is 9.53 Å². The van der Waals surface area contributed by atoms with E-state index in [2.05, 4.69) is 0 Å². The van der Waals surface area contributed by atoms with E-state index in [1.807, 2.05) is 0 Å². The van der Waals surface area contributed by atoms with E-state index >= 15 is 0 Å². The molecular formula is C17H14N2O6. The predicted octanol–water partition coefficient (Wildman–Crippen LogP) is 2.22. The Labute approximate surface area is 142 Å². The van der Waals surface area contributed by atoms with Crippen molar-refractivity contribution in [1.29, 1.82) is 0 Å². The summed E-state index contributed by atoms with van der Waals surface area (Å²) in [6.45, 7) is 0.0998. The van der Waals surface area contributed by atoms with Crippen LogP contribution in [0.2, 0.25) is 0 Å². The van der Waals surface area contributed by atoms with Crippen molar-refractivity contribution in [2.75, 3.05) is 18.6 Å². The summed E-state index contributed by atoms with van der Waals surface area (Å²) in [5, 5.41) is 20.5. The average molecular weight is 342 g/mol. The first-order valence-corrected chi connectivity index (χ1v) is 7.40. The molecule has 25 heavy (non-hydrogen) atoms. The van der Waals surface area contributed by atoms with Gasteiger partial charge in [0.25, 0.3) is 5.91 Å². The lowest BCUT2D eigenvalue weighted by molar-refractivity contribution is -0.385. The maximum absolute atomic E-state index is 12.8. The normalized spacial score (nSPS) is 15.6. The predicted molar refractivity (Wildman–Crippen MR) is 87.6 cm³/mol. The number of ether oxygens (including phenoxy) is 1. The van der Waals surface area contributed by atoms with Crippen LogP contribution in [-0.4, -0.2) is 35.6 Å². The number of amides is 1. The molecule has 8 nitrogen and oxygen atoms in total. The minimum absolute atomic E-state index is 0.0865. The molecule has 0 fully saturated rings. The van der Waals surface area contributed by atoms with Crippen molar-refractivity contribution in [2.45, 2.75) is 5.92 Å². The topological polar surface area (TPSA) is 110 Å². The van der Waals surface area contributed by atoms with Crippen molar-refractivity contribution in [3.05, 3.63) is 63.7 Å². The number of phenols is 1. The van der Waals surface area contributed by atoms with Gasteiger partial charge in [0.05, 0.1) is 12.0 Å². The number of esters is 1. The molecule has 0 aromatic heterocycles. The molecule has 0 unspecified atom stereocenters. The first kappa shape index (κ1) is 16.4. The highest BCUT2D eigenvalue weighted by Gasteiger charge is 2.37. The zero-order valence-electron chi connectivity index (χ0n) is 13.2. The van der Waals surface area contributed by atoms with E-state index in [1.165, 1.54) is 18.1 Å². The number of hydrogen-bond donors (Lipinski definition) is 1. The number of aromatic hydroxyl groups is 1. The number of carbonyl (C=O) groups excluding carboxylic acids is 2. The Kier molecular flexibility index (Phi) is 4.10. The zero-order chi connectivity index (χ0) is 18.1. The highest BCUT2D eigenvalue weighted by Crippen LogP contribution is 2.38. The van der Waals surface area contributed by atoms with Crippen molar-refractivity contribution in [1.82, 2.24) is 0 Å². The van der Waals surface area contributed by atoms with Crippen molar-refractivity contribution < 1.29 is 24.4 Å². The number of anilines is 1. The van der Waals surface area contributed by atoms with Gasteiger partial charge >= 0.3 is 11.7 Å². The summed E-state index contributed by atoms with van der Waals surface area (Å²) in [4.78, 5) is 36.2. The first-order chi connectivity index (χ1) is 11.9. The number of para-hydroxylation sites is 1. The lowest BCUT2D eigenvalue weighted by Gasteiger charge is -2.17. The molecule has 1 N–H and O–H groups in total. The summed E-state index contributed by atoms with van der Waals surface area (Å²) < 4.78 is 4.79. The van der Waals surface area contributed by atoms with Gasteiger partial charge in [-0.2, -0.15) is 0 Å². The second kappa shape index (κ2) is 6.23. The number of carbonyl (C=O) groups is 2. The Morgan fingerprint density at radius 2 is 2.00 bits per heavy atom. The number of methoxy groups -OCH3 is 1. The number of phenolic OH excluding ortho intramolecular Hbond substituents is 1. The van der Waals surface area contributed by atoms with Crippen LogP contribution in [0.25, 0.3) is 0 Å². The van der Waals surface area contributed by atoms with Crippen LogP contribution in [0.4, 0.5) is 11.4 Å². The fourth-order valence-corrected chi connectivity index (χ4v) is 2.91. The lowest BCUT2D eigenvalue weighted by atomic mass is 10.0. The van der Waals surface area contributed by atoms with Gasteiger partial charge in [-0.25, -0.2) is 0 Å². The van der Waals surface area contributed by atoms with Crippen molar-refractivity contribution >= 4 is 23.3 Å². The van der Waals surface area contributed by atoms with E-state index in [1.54, 1.807) is 24.3 Å². The third kappa shape index (κ3) is 2.78. The number of nitrogens with zero attached hydrogens (tertiary/aromatic N) is 2. The van der Waals surface area contributed by atoms with E-state index in [9.17, 15) is 24.8 Å². The van der Waals surface area contributed by atoms with Crippen LogP contribution in [0.1, 0.15) is 21.8 Å². The fourth-order valence-electron chi connectivity index (χ4n) is 2.91. The van der Waals surface area contributed by atoms with Gasteiger partial charge in [-0.05, 0) is 23.8 Å². The number of hydrogen-bond acceptors (Lipinski definition) is 6. The van der Waals surface area contributed by atoms with E-state index in [4.69, 9.17) is 4.74 Å². The lowest BCUT2D eigenvalue weighted by Crippen LogP contribution is -2.31. The molecule has 1 aliphatic heterocycles. The Morgan fingerprint density at radius 1 is 1.28 bits per heavy atom. The van der Waals surface area contributed by atoms with E-state index in [-0.39, 0.29) is 12.1 Å². The third-order valence-electron chi connectivity index (χ3n) is 4.12. The molecule has 8 heteroatoms. The monoisotopic (exact) mass is 342 g/mol. The van der Waals surface area contributed by atoms with Crippen LogP contribution >= 0.6 is 0 Å².